The minimum Gasteiger partial charge on any atom is -0.406 e. The lowest BCUT2D eigenvalue weighted by Gasteiger charge is -2.19. The molecular weight excluding hydrogens is 377 g/mol. The van der Waals surface area contributed by atoms with Crippen LogP contribution in [-0.4, -0.2) is 37.1 Å². The third-order valence-electron chi connectivity index (χ3n) is 3.82. The monoisotopic (exact) mass is 402 g/mol. The summed E-state index contributed by atoms with van der Waals surface area (Å²) in [6, 6.07) is 5.52. The number of nitrogens with zero attached hydrogens (tertiary/aromatic N) is 1. The van der Waals surface area contributed by atoms with Crippen molar-refractivity contribution in [3.05, 3.63) is 53.5 Å². The first-order valence-electron chi connectivity index (χ1n) is 8.63. The summed E-state index contributed by atoms with van der Waals surface area (Å²) in [5.41, 5.74) is 12.1. The van der Waals surface area contributed by atoms with E-state index in [-0.39, 0.29) is 37.9 Å². The normalized spacial score (nSPS) is 16.5. The molecule has 1 aliphatic heterocycles. The molecule has 10 heteroatoms. The Labute approximate surface area is 162 Å². The van der Waals surface area contributed by atoms with Crippen molar-refractivity contribution in [1.82, 2.24) is 10.2 Å². The van der Waals surface area contributed by atoms with Crippen molar-refractivity contribution in [2.45, 2.75) is 25.7 Å². The topological polar surface area (TPSA) is 103 Å². The Hall–Kier alpha value is -2.88. The van der Waals surface area contributed by atoms with Gasteiger partial charge < -0.3 is 31.2 Å². The molecule has 0 atom stereocenters. The summed E-state index contributed by atoms with van der Waals surface area (Å²) in [7, 11) is 0. The highest BCUT2D eigenvalue weighted by Gasteiger charge is 2.31. The van der Waals surface area contributed by atoms with Crippen molar-refractivity contribution in [2.75, 3.05) is 19.9 Å². The predicted octanol–water partition coefficient (Wildman–Crippen LogP) is 2.16. The Morgan fingerprint density at radius 1 is 1.32 bits per heavy atom. The van der Waals surface area contributed by atoms with Gasteiger partial charge in [-0.15, -0.1) is 13.2 Å². The van der Waals surface area contributed by atoms with E-state index in [1.54, 1.807) is 6.07 Å². The molecule has 0 spiro atoms. The summed E-state index contributed by atoms with van der Waals surface area (Å²) in [5.74, 6) is -0.461. The molecule has 0 aromatic heterocycles. The Morgan fingerprint density at radius 2 is 2.11 bits per heavy atom. The fourth-order valence-corrected chi connectivity index (χ4v) is 2.46. The van der Waals surface area contributed by atoms with Gasteiger partial charge in [0.25, 0.3) is 5.91 Å². The Bertz CT molecular complexity index is 733. The van der Waals surface area contributed by atoms with Crippen molar-refractivity contribution >= 4 is 5.91 Å². The van der Waals surface area contributed by atoms with Crippen LogP contribution in [0, 0.1) is 0 Å². The van der Waals surface area contributed by atoms with Gasteiger partial charge in [0.05, 0.1) is 11.5 Å². The van der Waals surface area contributed by atoms with Crippen molar-refractivity contribution in [2.24, 2.45) is 11.5 Å². The molecule has 1 amide bonds. The number of alkyl halides is 3. The maximum absolute atomic E-state index is 12.3. The van der Waals surface area contributed by atoms with Crippen molar-refractivity contribution in [3.8, 4) is 5.75 Å². The van der Waals surface area contributed by atoms with Gasteiger partial charge in [-0.3, -0.25) is 4.79 Å². The van der Waals surface area contributed by atoms with E-state index >= 15 is 0 Å². The molecule has 156 valence electrons. The smallest absolute Gasteiger partial charge is 0.406 e. The van der Waals surface area contributed by atoms with Crippen LogP contribution < -0.4 is 21.5 Å². The molecule has 1 aromatic rings. The van der Waals surface area contributed by atoms with Gasteiger partial charge in [0.15, 0.2) is 0 Å². The van der Waals surface area contributed by atoms with Crippen molar-refractivity contribution in [3.63, 3.8) is 0 Å². The second-order valence-electron chi connectivity index (χ2n) is 6.11. The third-order valence-corrected chi connectivity index (χ3v) is 3.82. The molecule has 28 heavy (non-hydrogen) atoms. The maximum Gasteiger partial charge on any atom is 0.573 e. The number of ether oxygens (including phenoxy) is 2. The number of hydrogen-bond donors (Lipinski definition) is 3. The molecule has 5 N–H and O–H groups in total. The van der Waals surface area contributed by atoms with E-state index in [9.17, 15) is 18.0 Å². The summed E-state index contributed by atoms with van der Waals surface area (Å²) >= 11 is 0. The minimum atomic E-state index is -4.75. The molecule has 0 saturated carbocycles. The number of amides is 1. The van der Waals surface area contributed by atoms with E-state index in [0.717, 1.165) is 12.8 Å². The number of hydrogen-bond acceptors (Lipinski definition) is 6. The molecule has 1 aromatic carbocycles. The van der Waals surface area contributed by atoms with Gasteiger partial charge in [0.1, 0.15) is 12.5 Å². The summed E-state index contributed by atoms with van der Waals surface area (Å²) in [6.07, 6.45) is -0.228. The van der Waals surface area contributed by atoms with Crippen LogP contribution in [0.25, 0.3) is 0 Å². The van der Waals surface area contributed by atoms with Crippen LogP contribution in [0.1, 0.15) is 19.8 Å². The largest absolute Gasteiger partial charge is 0.573 e. The van der Waals surface area contributed by atoms with Crippen LogP contribution in [0.5, 0.6) is 5.75 Å². The number of carbonyl (C=O) groups is 1. The molecule has 0 aliphatic carbocycles. The lowest BCUT2D eigenvalue weighted by atomic mass is 10.2. The third kappa shape index (κ3) is 7.39. The Kier molecular flexibility index (Phi) is 7.56. The summed E-state index contributed by atoms with van der Waals surface area (Å²) in [5, 5.41) is 2.83. The zero-order valence-electron chi connectivity index (χ0n) is 15.2. The van der Waals surface area contributed by atoms with Gasteiger partial charge in [0, 0.05) is 21.1 Å². The lowest BCUT2D eigenvalue weighted by Crippen LogP contribution is -2.36. The fourth-order valence-electron chi connectivity index (χ4n) is 2.46. The molecule has 1 heterocycles. The highest BCUT2D eigenvalue weighted by Crippen LogP contribution is 2.23. The number of benzene rings is 1. The van der Waals surface area contributed by atoms with Gasteiger partial charge in [-0.2, -0.15) is 0 Å². The highest BCUT2D eigenvalue weighted by atomic mass is 19.4. The predicted molar refractivity (Wildman–Crippen MR) is 98.4 cm³/mol. The average molecular weight is 402 g/mol. The number of carbonyl (C=O) groups excluding carboxylic acids is 1. The second-order valence-corrected chi connectivity index (χ2v) is 6.11. The summed E-state index contributed by atoms with van der Waals surface area (Å²) in [6.45, 7) is 1.54. The van der Waals surface area contributed by atoms with E-state index in [4.69, 9.17) is 16.2 Å². The van der Waals surface area contributed by atoms with E-state index in [1.165, 1.54) is 35.3 Å². The van der Waals surface area contributed by atoms with Gasteiger partial charge >= 0.3 is 6.36 Å². The van der Waals surface area contributed by atoms with Gasteiger partial charge in [-0.25, -0.2) is 0 Å². The second kappa shape index (κ2) is 9.88. The minimum absolute atomic E-state index is 0. The molecular formula is C18H25F3N4O3. The number of halogens is 3. The van der Waals surface area contributed by atoms with Gasteiger partial charge in [0.2, 0.25) is 0 Å². The van der Waals surface area contributed by atoms with Gasteiger partial charge in [-0.05, 0) is 42.7 Å². The van der Waals surface area contributed by atoms with Crippen LogP contribution >= 0.6 is 0 Å². The lowest BCUT2D eigenvalue weighted by molar-refractivity contribution is -0.274. The molecule has 0 radical (unpaired) electrons. The molecule has 7 nitrogen and oxygen atoms in total. The zero-order valence-corrected chi connectivity index (χ0v) is 15.2. The van der Waals surface area contributed by atoms with E-state index in [1.807, 2.05) is 0 Å². The Balaban J connectivity index is 0.00000420. The average Bonchev–Trinajstić information content (AvgIpc) is 2.92. The summed E-state index contributed by atoms with van der Waals surface area (Å²) < 4.78 is 46.0. The molecule has 0 unspecified atom stereocenters. The van der Waals surface area contributed by atoms with Crippen LogP contribution in [-0.2, 0) is 16.1 Å². The highest BCUT2D eigenvalue weighted by molar-refractivity contribution is 5.92. The number of rotatable bonds is 6. The maximum atomic E-state index is 12.3. The quantitative estimate of drug-likeness (QED) is 0.498. The van der Waals surface area contributed by atoms with Crippen molar-refractivity contribution in [1.29, 1.82) is 0 Å². The number of allylic oxidation sites excluding steroid dienone is 2. The first kappa shape index (κ1) is 21.4. The number of nitrogens with one attached hydrogen (secondary N) is 1. The van der Waals surface area contributed by atoms with Crippen LogP contribution in [0.2, 0.25) is 0 Å². The van der Waals surface area contributed by atoms with Crippen molar-refractivity contribution < 1.29 is 28.9 Å². The van der Waals surface area contributed by atoms with E-state index < -0.39 is 6.36 Å². The standard InChI is InChI=1S/C18H23F3N4O3.H2/c19-18(20,21)28-14-5-3-4-13(10-14)11-24-16(23)7-6-15(22)17(26)25-8-1-2-9-27-12-25;/h3-7,10,24H,1-2,8-9,11-12,22-23H2;1H/b15-6-,16-7+;. The molecule has 2 rings (SSSR count). The van der Waals surface area contributed by atoms with Crippen LogP contribution in [0.3, 0.4) is 0 Å². The van der Waals surface area contributed by atoms with E-state index in [2.05, 4.69) is 10.1 Å². The first-order valence-corrected chi connectivity index (χ1v) is 8.63. The number of nitrogens with two attached hydrogens (primary N) is 2. The van der Waals surface area contributed by atoms with E-state index in [0.29, 0.717) is 18.7 Å². The fraction of sp³-hybridized carbons (Fsp3) is 0.389. The van der Waals surface area contributed by atoms with Crippen LogP contribution in [0.15, 0.2) is 47.9 Å². The summed E-state index contributed by atoms with van der Waals surface area (Å²) in [4.78, 5) is 13.8. The Morgan fingerprint density at radius 3 is 2.86 bits per heavy atom. The molecule has 0 bridgehead atoms. The van der Waals surface area contributed by atoms with Gasteiger partial charge in [-0.1, -0.05) is 12.1 Å². The molecule has 1 aliphatic rings. The SMILES string of the molecule is N/C(=C\C=C(/N)NCc1cccc(OC(F)(F)F)c1)C(=O)N1CCCCOC1.[HH]. The zero-order chi connectivity index (χ0) is 20.6. The first-order chi connectivity index (χ1) is 13.2. The molecule has 1 saturated heterocycles. The molecule has 1 fully saturated rings. The van der Waals surface area contributed by atoms with Crippen LogP contribution in [0.4, 0.5) is 13.2 Å².